The van der Waals surface area contributed by atoms with Gasteiger partial charge in [0.2, 0.25) is 0 Å². The maximum absolute atomic E-state index is 11.4. The summed E-state index contributed by atoms with van der Waals surface area (Å²) in [5.74, 6) is -0.956. The molecule has 0 amide bonds. The fourth-order valence-electron chi connectivity index (χ4n) is 2.71. The summed E-state index contributed by atoms with van der Waals surface area (Å²) in [4.78, 5) is 13.7. The Balaban J connectivity index is 1.90. The summed E-state index contributed by atoms with van der Waals surface area (Å²) < 4.78 is 7.06. The van der Waals surface area contributed by atoms with Crippen molar-refractivity contribution >= 4 is 17.0 Å². The molecular formula is C14H18N4O3. The average Bonchev–Trinajstić information content (AvgIpc) is 2.92. The topological polar surface area (TPSA) is 80.5 Å². The normalized spacial score (nSPS) is 18.0. The Morgan fingerprint density at radius 2 is 2.19 bits per heavy atom. The van der Waals surface area contributed by atoms with Crippen LogP contribution in [0.1, 0.15) is 23.3 Å². The van der Waals surface area contributed by atoms with Crippen molar-refractivity contribution in [3.8, 4) is 0 Å². The number of para-hydroxylation sites is 1. The van der Waals surface area contributed by atoms with Crippen molar-refractivity contribution in [1.29, 1.82) is 0 Å². The number of carbonyl (C=O) groups is 1. The molecule has 1 aromatic heterocycles. The van der Waals surface area contributed by atoms with Crippen LogP contribution in [-0.2, 0) is 4.74 Å². The third-order valence-corrected chi connectivity index (χ3v) is 3.77. The van der Waals surface area contributed by atoms with E-state index in [0.717, 1.165) is 32.8 Å². The minimum absolute atomic E-state index is 0.0496. The van der Waals surface area contributed by atoms with E-state index in [2.05, 4.69) is 15.2 Å². The molecule has 1 aromatic carbocycles. The fraction of sp³-hybridized carbons (Fsp3) is 0.500. The van der Waals surface area contributed by atoms with Gasteiger partial charge >= 0.3 is 5.97 Å². The van der Waals surface area contributed by atoms with Crippen LogP contribution in [0.3, 0.4) is 0 Å². The molecule has 1 atom stereocenters. The number of nitrogens with zero attached hydrogens (tertiary/aromatic N) is 4. The summed E-state index contributed by atoms with van der Waals surface area (Å²) in [6, 6.07) is 5.12. The SMILES string of the molecule is CC(CN1CCOCC1)n1nnc2cccc(C(=O)O)c21. The predicted octanol–water partition coefficient (Wildman–Crippen LogP) is 1.02. The van der Waals surface area contributed by atoms with Gasteiger partial charge in [0.25, 0.3) is 0 Å². The van der Waals surface area contributed by atoms with E-state index in [0.29, 0.717) is 11.0 Å². The molecule has 1 N–H and O–H groups in total. The summed E-state index contributed by atoms with van der Waals surface area (Å²) in [6.07, 6.45) is 0. The number of rotatable bonds is 4. The highest BCUT2D eigenvalue weighted by Gasteiger charge is 2.20. The van der Waals surface area contributed by atoms with Crippen LogP contribution in [0.4, 0.5) is 0 Å². The number of benzene rings is 1. The maximum Gasteiger partial charge on any atom is 0.337 e. The van der Waals surface area contributed by atoms with E-state index in [-0.39, 0.29) is 11.6 Å². The molecule has 0 aliphatic carbocycles. The Labute approximate surface area is 122 Å². The average molecular weight is 290 g/mol. The number of morpholine rings is 1. The van der Waals surface area contributed by atoms with E-state index in [1.807, 2.05) is 6.92 Å². The zero-order chi connectivity index (χ0) is 14.8. The van der Waals surface area contributed by atoms with Crippen molar-refractivity contribution in [2.45, 2.75) is 13.0 Å². The van der Waals surface area contributed by atoms with Crippen LogP contribution < -0.4 is 0 Å². The van der Waals surface area contributed by atoms with Crippen LogP contribution in [0.5, 0.6) is 0 Å². The van der Waals surface area contributed by atoms with Crippen LogP contribution in [0.25, 0.3) is 11.0 Å². The number of aromatic carboxylic acids is 1. The second-order valence-electron chi connectivity index (χ2n) is 5.27. The van der Waals surface area contributed by atoms with Gasteiger partial charge in [0.05, 0.1) is 24.8 Å². The van der Waals surface area contributed by atoms with E-state index in [1.165, 1.54) is 0 Å². The highest BCUT2D eigenvalue weighted by atomic mass is 16.5. The van der Waals surface area contributed by atoms with Crippen LogP contribution in [0.2, 0.25) is 0 Å². The van der Waals surface area contributed by atoms with E-state index in [4.69, 9.17) is 4.74 Å². The van der Waals surface area contributed by atoms with Gasteiger partial charge in [0, 0.05) is 19.6 Å². The predicted molar refractivity (Wildman–Crippen MR) is 76.5 cm³/mol. The molecule has 7 heteroatoms. The van der Waals surface area contributed by atoms with Gasteiger partial charge in [-0.25, -0.2) is 9.48 Å². The second kappa shape index (κ2) is 5.79. The molecule has 1 saturated heterocycles. The molecule has 0 saturated carbocycles. The molecule has 3 rings (SSSR count). The van der Waals surface area contributed by atoms with Crippen molar-refractivity contribution in [3.63, 3.8) is 0 Å². The minimum atomic E-state index is -0.956. The van der Waals surface area contributed by atoms with Gasteiger partial charge in [-0.1, -0.05) is 11.3 Å². The molecule has 1 fully saturated rings. The summed E-state index contributed by atoms with van der Waals surface area (Å²) in [5, 5.41) is 17.6. The Kier molecular flexibility index (Phi) is 3.85. The standard InChI is InChI=1S/C14H18N4O3/c1-10(9-17-5-7-21-8-6-17)18-13-11(14(19)20)3-2-4-12(13)15-16-18/h2-4,10H,5-9H2,1H3,(H,19,20). The number of carboxylic acid groups (broad SMARTS) is 1. The maximum atomic E-state index is 11.4. The molecule has 2 heterocycles. The smallest absolute Gasteiger partial charge is 0.337 e. The molecule has 1 aliphatic rings. The quantitative estimate of drug-likeness (QED) is 0.905. The highest BCUT2D eigenvalue weighted by molar-refractivity contribution is 6.00. The Bertz CT molecular complexity index is 649. The van der Waals surface area contributed by atoms with Gasteiger partial charge in [-0.15, -0.1) is 5.10 Å². The molecular weight excluding hydrogens is 272 g/mol. The van der Waals surface area contributed by atoms with Gasteiger partial charge in [-0.3, -0.25) is 4.90 Å². The van der Waals surface area contributed by atoms with Crippen molar-refractivity contribution in [1.82, 2.24) is 19.9 Å². The molecule has 0 spiro atoms. The second-order valence-corrected chi connectivity index (χ2v) is 5.27. The van der Waals surface area contributed by atoms with Crippen molar-refractivity contribution in [3.05, 3.63) is 23.8 Å². The summed E-state index contributed by atoms with van der Waals surface area (Å²) in [5.41, 5.74) is 1.45. The fourth-order valence-corrected chi connectivity index (χ4v) is 2.71. The monoisotopic (exact) mass is 290 g/mol. The summed E-state index contributed by atoms with van der Waals surface area (Å²) in [6.45, 7) is 6.10. The molecule has 0 radical (unpaired) electrons. The van der Waals surface area contributed by atoms with Gasteiger partial charge in [0.15, 0.2) is 0 Å². The highest BCUT2D eigenvalue weighted by Crippen LogP contribution is 2.21. The Morgan fingerprint density at radius 1 is 1.43 bits per heavy atom. The molecule has 1 aliphatic heterocycles. The van der Waals surface area contributed by atoms with E-state index in [1.54, 1.807) is 22.9 Å². The number of hydrogen-bond acceptors (Lipinski definition) is 5. The largest absolute Gasteiger partial charge is 0.478 e. The number of ether oxygens (including phenoxy) is 1. The number of aromatic nitrogens is 3. The lowest BCUT2D eigenvalue weighted by Crippen LogP contribution is -2.39. The van der Waals surface area contributed by atoms with E-state index in [9.17, 15) is 9.90 Å². The zero-order valence-electron chi connectivity index (χ0n) is 11.9. The van der Waals surface area contributed by atoms with Crippen molar-refractivity contribution in [2.24, 2.45) is 0 Å². The van der Waals surface area contributed by atoms with Crippen molar-refractivity contribution in [2.75, 3.05) is 32.8 Å². The number of fused-ring (bicyclic) bond motifs is 1. The Morgan fingerprint density at radius 3 is 2.90 bits per heavy atom. The van der Waals surface area contributed by atoms with Crippen LogP contribution in [-0.4, -0.2) is 63.8 Å². The van der Waals surface area contributed by atoms with Gasteiger partial charge < -0.3 is 9.84 Å². The molecule has 112 valence electrons. The minimum Gasteiger partial charge on any atom is -0.478 e. The van der Waals surface area contributed by atoms with Gasteiger partial charge in [0.1, 0.15) is 11.0 Å². The summed E-state index contributed by atoms with van der Waals surface area (Å²) in [7, 11) is 0. The first kappa shape index (κ1) is 14.0. The molecule has 2 aromatic rings. The van der Waals surface area contributed by atoms with Gasteiger partial charge in [-0.05, 0) is 19.1 Å². The first-order valence-corrected chi connectivity index (χ1v) is 7.04. The van der Waals surface area contributed by atoms with Crippen LogP contribution in [0.15, 0.2) is 18.2 Å². The van der Waals surface area contributed by atoms with E-state index >= 15 is 0 Å². The lowest BCUT2D eigenvalue weighted by atomic mass is 10.1. The molecule has 7 nitrogen and oxygen atoms in total. The number of carboxylic acids is 1. The van der Waals surface area contributed by atoms with Crippen LogP contribution >= 0.6 is 0 Å². The zero-order valence-corrected chi connectivity index (χ0v) is 11.9. The third kappa shape index (κ3) is 2.74. The van der Waals surface area contributed by atoms with Gasteiger partial charge in [-0.2, -0.15) is 0 Å². The van der Waals surface area contributed by atoms with Crippen LogP contribution in [0, 0.1) is 0 Å². The molecule has 0 bridgehead atoms. The lowest BCUT2D eigenvalue weighted by molar-refractivity contribution is 0.0320. The Hall–Kier alpha value is -1.99. The molecule has 1 unspecified atom stereocenters. The lowest BCUT2D eigenvalue weighted by Gasteiger charge is -2.29. The van der Waals surface area contributed by atoms with Crippen molar-refractivity contribution < 1.29 is 14.6 Å². The first-order valence-electron chi connectivity index (χ1n) is 7.04. The number of hydrogen-bond donors (Lipinski definition) is 1. The third-order valence-electron chi connectivity index (χ3n) is 3.77. The molecule has 21 heavy (non-hydrogen) atoms. The first-order chi connectivity index (χ1) is 10.2. The van der Waals surface area contributed by atoms with E-state index < -0.39 is 5.97 Å². The summed E-state index contributed by atoms with van der Waals surface area (Å²) >= 11 is 0.